The first-order valence-electron chi connectivity index (χ1n) is 6.18. The zero-order valence-electron chi connectivity index (χ0n) is 10.7. The second-order valence-corrected chi connectivity index (χ2v) is 5.14. The summed E-state index contributed by atoms with van der Waals surface area (Å²) < 4.78 is 19.2. The van der Waals surface area contributed by atoms with Crippen LogP contribution in [0.3, 0.4) is 0 Å². The van der Waals surface area contributed by atoms with Crippen LogP contribution >= 0.6 is 15.9 Å². The van der Waals surface area contributed by atoms with Gasteiger partial charge in [-0.1, -0.05) is 22.0 Å². The van der Waals surface area contributed by atoms with Crippen LogP contribution in [0.1, 0.15) is 22.3 Å². The van der Waals surface area contributed by atoms with Crippen molar-refractivity contribution in [3.8, 4) is 0 Å². The Hall–Kier alpha value is -1.75. The molecule has 1 heterocycles. The van der Waals surface area contributed by atoms with Gasteiger partial charge < -0.3 is 4.74 Å². The lowest BCUT2D eigenvalue weighted by molar-refractivity contribution is 0.0495. The summed E-state index contributed by atoms with van der Waals surface area (Å²) >= 11 is 3.20. The van der Waals surface area contributed by atoms with E-state index in [2.05, 4.69) is 20.9 Å². The third kappa shape index (κ3) is 4.13. The summed E-state index contributed by atoms with van der Waals surface area (Å²) in [6.45, 7) is 0.250. The smallest absolute Gasteiger partial charge is 0.341 e. The summed E-state index contributed by atoms with van der Waals surface area (Å²) in [5, 5.41) is 0. The topological polar surface area (TPSA) is 39.2 Å². The van der Waals surface area contributed by atoms with Gasteiger partial charge in [-0.3, -0.25) is 4.98 Å². The quantitative estimate of drug-likeness (QED) is 0.615. The van der Waals surface area contributed by atoms with Crippen molar-refractivity contribution < 1.29 is 13.9 Å². The number of esters is 1. The number of nitrogens with zero attached hydrogens (tertiary/aromatic N) is 1. The molecular formula is C15H13BrFNO2. The van der Waals surface area contributed by atoms with Crippen molar-refractivity contribution in [3.63, 3.8) is 0 Å². The zero-order valence-corrected chi connectivity index (χ0v) is 12.3. The Morgan fingerprint density at radius 3 is 2.95 bits per heavy atom. The molecule has 20 heavy (non-hydrogen) atoms. The number of pyridine rings is 1. The van der Waals surface area contributed by atoms with Gasteiger partial charge in [-0.25, -0.2) is 9.18 Å². The van der Waals surface area contributed by atoms with Crippen LogP contribution in [0.5, 0.6) is 0 Å². The van der Waals surface area contributed by atoms with Crippen LogP contribution in [0.2, 0.25) is 0 Å². The molecule has 0 atom stereocenters. The molecule has 3 nitrogen and oxygen atoms in total. The number of aryl methyl sites for hydroxylation is 1. The maximum absolute atomic E-state index is 13.5. The van der Waals surface area contributed by atoms with Gasteiger partial charge in [0.25, 0.3) is 0 Å². The number of hydrogen-bond donors (Lipinski definition) is 0. The number of ether oxygens (including phenoxy) is 1. The minimum atomic E-state index is -0.644. The van der Waals surface area contributed by atoms with E-state index in [1.807, 2.05) is 12.1 Å². The van der Waals surface area contributed by atoms with Crippen molar-refractivity contribution in [2.45, 2.75) is 12.8 Å². The van der Waals surface area contributed by atoms with Gasteiger partial charge in [-0.05, 0) is 42.7 Å². The summed E-state index contributed by atoms with van der Waals surface area (Å²) in [5.41, 5.74) is 1.03. The summed E-state index contributed by atoms with van der Waals surface area (Å²) in [6, 6.07) is 8.00. The normalized spacial score (nSPS) is 10.3. The molecule has 0 N–H and O–H groups in total. The Morgan fingerprint density at radius 1 is 1.35 bits per heavy atom. The minimum Gasteiger partial charge on any atom is -0.462 e. The van der Waals surface area contributed by atoms with E-state index in [4.69, 9.17) is 4.74 Å². The van der Waals surface area contributed by atoms with Gasteiger partial charge in [-0.2, -0.15) is 0 Å². The summed E-state index contributed by atoms with van der Waals surface area (Å²) in [6.07, 6.45) is 4.92. The van der Waals surface area contributed by atoms with Crippen LogP contribution < -0.4 is 0 Å². The lowest BCUT2D eigenvalue weighted by atomic mass is 10.2. The maximum Gasteiger partial charge on any atom is 0.341 e. The average molecular weight is 338 g/mol. The molecule has 0 fully saturated rings. The van der Waals surface area contributed by atoms with Crippen molar-refractivity contribution in [1.82, 2.24) is 4.98 Å². The second kappa shape index (κ2) is 7.14. The summed E-state index contributed by atoms with van der Waals surface area (Å²) in [4.78, 5) is 15.7. The first-order valence-corrected chi connectivity index (χ1v) is 6.97. The van der Waals surface area contributed by atoms with Crippen molar-refractivity contribution in [2.75, 3.05) is 6.61 Å². The highest BCUT2D eigenvalue weighted by atomic mass is 79.9. The number of benzene rings is 1. The maximum atomic E-state index is 13.5. The number of rotatable bonds is 5. The van der Waals surface area contributed by atoms with Crippen molar-refractivity contribution >= 4 is 21.9 Å². The number of halogens is 2. The van der Waals surface area contributed by atoms with Crippen LogP contribution in [0, 0.1) is 5.82 Å². The van der Waals surface area contributed by atoms with E-state index < -0.39 is 11.8 Å². The van der Waals surface area contributed by atoms with E-state index in [-0.39, 0.29) is 12.2 Å². The molecule has 0 aliphatic rings. The third-order valence-corrected chi connectivity index (χ3v) is 3.21. The van der Waals surface area contributed by atoms with E-state index in [9.17, 15) is 9.18 Å². The fourth-order valence-electron chi connectivity index (χ4n) is 1.72. The molecule has 1 aromatic heterocycles. The summed E-state index contributed by atoms with van der Waals surface area (Å²) in [7, 11) is 0. The minimum absolute atomic E-state index is 0.0549. The molecule has 5 heteroatoms. The lowest BCUT2D eigenvalue weighted by Crippen LogP contribution is -2.09. The molecule has 0 amide bonds. The highest BCUT2D eigenvalue weighted by Gasteiger charge is 2.13. The van der Waals surface area contributed by atoms with E-state index in [1.54, 1.807) is 12.4 Å². The van der Waals surface area contributed by atoms with E-state index >= 15 is 0 Å². The van der Waals surface area contributed by atoms with Crippen LogP contribution in [-0.4, -0.2) is 17.6 Å². The van der Waals surface area contributed by atoms with Gasteiger partial charge in [0.15, 0.2) is 0 Å². The van der Waals surface area contributed by atoms with Gasteiger partial charge in [-0.15, -0.1) is 0 Å². The molecule has 0 radical (unpaired) electrons. The van der Waals surface area contributed by atoms with Gasteiger partial charge in [0.1, 0.15) is 5.82 Å². The molecule has 0 bridgehead atoms. The Labute approximate surface area is 124 Å². The zero-order chi connectivity index (χ0) is 14.4. The number of carbonyl (C=O) groups is 1. The lowest BCUT2D eigenvalue weighted by Gasteiger charge is -2.06. The standard InChI is InChI=1S/C15H13BrFNO2/c16-12-5-6-14(17)13(9-12)15(19)20-8-2-4-11-3-1-7-18-10-11/h1,3,5-7,9-10H,2,4,8H2. The molecule has 2 rings (SSSR count). The molecule has 2 aromatic rings. The van der Waals surface area contributed by atoms with Gasteiger partial charge in [0.2, 0.25) is 0 Å². The van der Waals surface area contributed by atoms with Crippen LogP contribution in [0.15, 0.2) is 47.2 Å². The van der Waals surface area contributed by atoms with Crippen molar-refractivity contribution in [1.29, 1.82) is 0 Å². The fraction of sp³-hybridized carbons (Fsp3) is 0.200. The summed E-state index contributed by atoms with van der Waals surface area (Å²) in [5.74, 6) is -1.22. The number of carbonyl (C=O) groups excluding carboxylic acids is 1. The molecule has 0 saturated carbocycles. The first kappa shape index (κ1) is 14.7. The van der Waals surface area contributed by atoms with Crippen molar-refractivity contribution in [2.24, 2.45) is 0 Å². The second-order valence-electron chi connectivity index (χ2n) is 4.22. The predicted molar refractivity (Wildman–Crippen MR) is 76.9 cm³/mol. The molecule has 0 aliphatic carbocycles. The Kier molecular flexibility index (Phi) is 5.24. The van der Waals surface area contributed by atoms with Crippen molar-refractivity contribution in [3.05, 3.63) is 64.1 Å². The Bertz CT molecular complexity index is 590. The number of hydrogen-bond acceptors (Lipinski definition) is 3. The third-order valence-electron chi connectivity index (χ3n) is 2.71. The molecule has 0 unspecified atom stereocenters. The monoisotopic (exact) mass is 337 g/mol. The molecule has 1 aromatic carbocycles. The molecular weight excluding hydrogens is 325 g/mol. The van der Waals surface area contributed by atoms with Crippen LogP contribution in [0.4, 0.5) is 4.39 Å². The Morgan fingerprint density at radius 2 is 2.20 bits per heavy atom. The molecule has 0 spiro atoms. The molecule has 0 aliphatic heterocycles. The van der Waals surface area contributed by atoms with E-state index in [1.165, 1.54) is 18.2 Å². The number of aromatic nitrogens is 1. The van der Waals surface area contributed by atoms with Gasteiger partial charge in [0.05, 0.1) is 12.2 Å². The van der Waals surface area contributed by atoms with Gasteiger partial charge >= 0.3 is 5.97 Å². The first-order chi connectivity index (χ1) is 9.66. The van der Waals surface area contributed by atoms with E-state index in [0.717, 1.165) is 12.0 Å². The average Bonchev–Trinajstić information content (AvgIpc) is 2.47. The largest absolute Gasteiger partial charge is 0.462 e. The molecule has 0 saturated heterocycles. The van der Waals surface area contributed by atoms with Crippen LogP contribution in [0.25, 0.3) is 0 Å². The SMILES string of the molecule is O=C(OCCCc1cccnc1)c1cc(Br)ccc1F. The highest BCUT2D eigenvalue weighted by Crippen LogP contribution is 2.16. The van der Waals surface area contributed by atoms with Gasteiger partial charge in [0, 0.05) is 16.9 Å². The Balaban J connectivity index is 1.82. The highest BCUT2D eigenvalue weighted by molar-refractivity contribution is 9.10. The predicted octanol–water partition coefficient (Wildman–Crippen LogP) is 3.77. The fourth-order valence-corrected chi connectivity index (χ4v) is 2.08. The molecule has 104 valence electrons. The van der Waals surface area contributed by atoms with Crippen LogP contribution in [-0.2, 0) is 11.2 Å². The van der Waals surface area contributed by atoms with E-state index in [0.29, 0.717) is 10.9 Å².